The fourth-order valence-electron chi connectivity index (χ4n) is 3.00. The zero-order chi connectivity index (χ0) is 22.0. The van der Waals surface area contributed by atoms with E-state index in [4.69, 9.17) is 26.3 Å². The van der Waals surface area contributed by atoms with Gasteiger partial charge in [0.25, 0.3) is 0 Å². The van der Waals surface area contributed by atoms with E-state index < -0.39 is 5.82 Å². The predicted octanol–water partition coefficient (Wildman–Crippen LogP) is 6.30. The minimum absolute atomic E-state index is 0.157. The number of benzene rings is 2. The summed E-state index contributed by atoms with van der Waals surface area (Å²) in [6.45, 7) is 5.71. The SMILES string of the molecule is CSC1=Nc2cc(OC(C)C)c(F)cc2C(c2ccccc2Cl)=N/C1=C(/C)N(C)C. The minimum Gasteiger partial charge on any atom is -0.488 e. The summed E-state index contributed by atoms with van der Waals surface area (Å²) in [7, 11) is 3.91. The maximum absolute atomic E-state index is 14.9. The van der Waals surface area contributed by atoms with Crippen molar-refractivity contribution in [1.29, 1.82) is 0 Å². The highest BCUT2D eigenvalue weighted by atomic mass is 35.5. The molecule has 0 atom stereocenters. The Bertz CT molecular complexity index is 1060. The summed E-state index contributed by atoms with van der Waals surface area (Å²) >= 11 is 8.00. The Hall–Kier alpha value is -2.31. The molecule has 0 saturated carbocycles. The van der Waals surface area contributed by atoms with Gasteiger partial charge in [0.2, 0.25) is 0 Å². The van der Waals surface area contributed by atoms with Gasteiger partial charge in [0.05, 0.1) is 17.5 Å². The Morgan fingerprint density at radius 2 is 1.83 bits per heavy atom. The van der Waals surface area contributed by atoms with Gasteiger partial charge in [0.15, 0.2) is 11.6 Å². The number of fused-ring (bicyclic) bond motifs is 1. The molecule has 30 heavy (non-hydrogen) atoms. The maximum atomic E-state index is 14.9. The van der Waals surface area contributed by atoms with E-state index in [1.165, 1.54) is 17.8 Å². The number of rotatable bonds is 4. The standard InChI is InChI=1S/C23H25ClFN3OS/c1-13(2)29-20-12-19-16(11-18(20)25)22(15-9-7-8-10-17(15)24)27-21(14(3)28(4)5)23(26-19)30-6/h7-13H,1-6H3/b21-14-. The van der Waals surface area contributed by atoms with E-state index in [1.807, 2.05) is 64.2 Å². The monoisotopic (exact) mass is 445 g/mol. The van der Waals surface area contributed by atoms with Crippen molar-refractivity contribution in [2.24, 2.45) is 9.98 Å². The molecule has 0 aliphatic carbocycles. The van der Waals surface area contributed by atoms with Crippen LogP contribution in [-0.2, 0) is 0 Å². The van der Waals surface area contributed by atoms with E-state index >= 15 is 0 Å². The second-order valence-corrected chi connectivity index (χ2v) is 8.56. The van der Waals surface area contributed by atoms with Gasteiger partial charge in [-0.25, -0.2) is 14.4 Å². The fraction of sp³-hybridized carbons (Fsp3) is 0.304. The topological polar surface area (TPSA) is 37.2 Å². The van der Waals surface area contributed by atoms with Gasteiger partial charge < -0.3 is 9.64 Å². The molecule has 0 spiro atoms. The molecule has 1 aliphatic rings. The second-order valence-electron chi connectivity index (χ2n) is 7.36. The van der Waals surface area contributed by atoms with Crippen molar-refractivity contribution < 1.29 is 9.13 Å². The van der Waals surface area contributed by atoms with Crippen LogP contribution in [0.4, 0.5) is 10.1 Å². The van der Waals surface area contributed by atoms with Crippen LogP contribution < -0.4 is 4.74 Å². The lowest BCUT2D eigenvalue weighted by Gasteiger charge is -2.17. The molecule has 0 unspecified atom stereocenters. The number of hydrogen-bond donors (Lipinski definition) is 0. The molecule has 0 fully saturated rings. The van der Waals surface area contributed by atoms with E-state index in [-0.39, 0.29) is 11.9 Å². The zero-order valence-corrected chi connectivity index (χ0v) is 19.5. The van der Waals surface area contributed by atoms with Gasteiger partial charge in [-0.1, -0.05) is 29.8 Å². The zero-order valence-electron chi connectivity index (χ0n) is 18.0. The molecular formula is C23H25ClFN3OS. The number of allylic oxidation sites excluding steroid dienone is 1. The summed E-state index contributed by atoms with van der Waals surface area (Å²) in [4.78, 5) is 11.8. The highest BCUT2D eigenvalue weighted by Crippen LogP contribution is 2.37. The summed E-state index contributed by atoms with van der Waals surface area (Å²) in [5.41, 5.74) is 4.14. The van der Waals surface area contributed by atoms with Gasteiger partial charge in [0.1, 0.15) is 10.7 Å². The van der Waals surface area contributed by atoms with Crippen LogP contribution in [0.1, 0.15) is 31.9 Å². The Kier molecular flexibility index (Phi) is 6.88. The molecule has 2 aromatic rings. The minimum atomic E-state index is -0.458. The van der Waals surface area contributed by atoms with Gasteiger partial charge in [-0.3, -0.25) is 0 Å². The third-order valence-electron chi connectivity index (χ3n) is 4.65. The summed E-state index contributed by atoms with van der Waals surface area (Å²) in [5.74, 6) is -0.289. The summed E-state index contributed by atoms with van der Waals surface area (Å²) < 4.78 is 20.6. The van der Waals surface area contributed by atoms with E-state index in [1.54, 1.807) is 12.1 Å². The lowest BCUT2D eigenvalue weighted by molar-refractivity contribution is 0.231. The average molecular weight is 446 g/mol. The van der Waals surface area contributed by atoms with Crippen LogP contribution >= 0.6 is 23.4 Å². The van der Waals surface area contributed by atoms with Crippen molar-refractivity contribution in [1.82, 2.24) is 4.90 Å². The van der Waals surface area contributed by atoms with Crippen LogP contribution in [0.3, 0.4) is 0 Å². The van der Waals surface area contributed by atoms with Gasteiger partial charge in [-0.15, -0.1) is 11.8 Å². The number of nitrogens with zero attached hydrogens (tertiary/aromatic N) is 3. The van der Waals surface area contributed by atoms with E-state index in [9.17, 15) is 4.39 Å². The van der Waals surface area contributed by atoms with Crippen molar-refractivity contribution >= 4 is 39.8 Å². The normalized spacial score (nSPS) is 15.2. The number of ether oxygens (including phenoxy) is 1. The highest BCUT2D eigenvalue weighted by Gasteiger charge is 2.24. The fourth-order valence-corrected chi connectivity index (χ4v) is 3.80. The van der Waals surface area contributed by atoms with Gasteiger partial charge >= 0.3 is 0 Å². The number of halogens is 2. The number of hydrogen-bond acceptors (Lipinski definition) is 5. The van der Waals surface area contributed by atoms with Crippen molar-refractivity contribution in [3.63, 3.8) is 0 Å². The van der Waals surface area contributed by atoms with Crippen LogP contribution in [-0.4, -0.2) is 42.1 Å². The first-order chi connectivity index (χ1) is 14.2. The quantitative estimate of drug-likeness (QED) is 0.553. The van der Waals surface area contributed by atoms with Gasteiger partial charge in [-0.2, -0.15) is 0 Å². The molecule has 0 radical (unpaired) electrons. The van der Waals surface area contributed by atoms with Crippen LogP contribution in [0.5, 0.6) is 5.75 Å². The van der Waals surface area contributed by atoms with Crippen molar-refractivity contribution in [2.75, 3.05) is 20.4 Å². The molecule has 4 nitrogen and oxygen atoms in total. The van der Waals surface area contributed by atoms with Crippen LogP contribution in [0, 0.1) is 5.82 Å². The van der Waals surface area contributed by atoms with Crippen molar-refractivity contribution in [2.45, 2.75) is 26.9 Å². The first-order valence-corrected chi connectivity index (χ1v) is 11.2. The van der Waals surface area contributed by atoms with Crippen molar-refractivity contribution in [3.8, 4) is 5.75 Å². The lowest BCUT2D eigenvalue weighted by Crippen LogP contribution is -2.14. The van der Waals surface area contributed by atoms with Crippen molar-refractivity contribution in [3.05, 3.63) is 69.8 Å². The average Bonchev–Trinajstić information content (AvgIpc) is 2.84. The smallest absolute Gasteiger partial charge is 0.165 e. The Morgan fingerprint density at radius 1 is 1.13 bits per heavy atom. The molecule has 1 heterocycles. The van der Waals surface area contributed by atoms with Gasteiger partial charge in [-0.05, 0) is 39.2 Å². The van der Waals surface area contributed by atoms with E-state index in [0.29, 0.717) is 22.0 Å². The Morgan fingerprint density at radius 3 is 2.43 bits per heavy atom. The third kappa shape index (κ3) is 4.55. The number of thioether (sulfide) groups is 1. The summed E-state index contributed by atoms with van der Waals surface area (Å²) in [5, 5.41) is 1.28. The summed E-state index contributed by atoms with van der Waals surface area (Å²) in [6.07, 6.45) is 1.79. The highest BCUT2D eigenvalue weighted by molar-refractivity contribution is 8.13. The first kappa shape index (κ1) is 22.4. The van der Waals surface area contributed by atoms with E-state index in [2.05, 4.69) is 0 Å². The van der Waals surface area contributed by atoms with Gasteiger partial charge in [0, 0.05) is 42.0 Å². The molecule has 0 aromatic heterocycles. The molecule has 158 valence electrons. The second kappa shape index (κ2) is 9.23. The number of aliphatic imine (C=N–C) groups is 2. The molecule has 1 aliphatic heterocycles. The molecule has 0 saturated heterocycles. The summed E-state index contributed by atoms with van der Waals surface area (Å²) in [6, 6.07) is 10.5. The molecular weight excluding hydrogens is 421 g/mol. The lowest BCUT2D eigenvalue weighted by atomic mass is 10.00. The molecule has 0 N–H and O–H groups in total. The predicted molar refractivity (Wildman–Crippen MR) is 126 cm³/mol. The largest absolute Gasteiger partial charge is 0.488 e. The molecule has 7 heteroatoms. The first-order valence-electron chi connectivity index (χ1n) is 9.58. The van der Waals surface area contributed by atoms with E-state index in [0.717, 1.165) is 22.0 Å². The molecule has 0 amide bonds. The molecule has 2 aromatic carbocycles. The van der Waals surface area contributed by atoms with Crippen LogP contribution in [0.2, 0.25) is 5.02 Å². The maximum Gasteiger partial charge on any atom is 0.165 e. The molecule has 3 rings (SSSR count). The Labute approximate surface area is 186 Å². The third-order valence-corrected chi connectivity index (χ3v) is 5.65. The van der Waals surface area contributed by atoms with Crippen LogP contribution in [0.25, 0.3) is 0 Å². The Balaban J connectivity index is 2.37. The molecule has 0 bridgehead atoms. The van der Waals surface area contributed by atoms with Crippen LogP contribution in [0.15, 0.2) is 57.8 Å².